The van der Waals surface area contributed by atoms with Crippen LogP contribution in [0.3, 0.4) is 0 Å². The third-order valence-electron chi connectivity index (χ3n) is 2.38. The van der Waals surface area contributed by atoms with Gasteiger partial charge in [-0.3, -0.25) is 4.72 Å². The lowest BCUT2D eigenvalue weighted by atomic mass is 10.1. The van der Waals surface area contributed by atoms with Crippen molar-refractivity contribution in [3.05, 3.63) is 35.0 Å². The standard InChI is InChI=1S/C13H11N5O2S/c1-9-5-11(3-4-12(9)18-21(2,19)20)17-13(8-16)10(6-14)7-15/h3-5,17-18H,1-2H3. The maximum atomic E-state index is 11.2. The summed E-state index contributed by atoms with van der Waals surface area (Å²) in [6, 6.07) is 9.63. The minimum atomic E-state index is -3.38. The zero-order chi connectivity index (χ0) is 16.0. The SMILES string of the molecule is Cc1cc(NC(C#N)=C(C#N)C#N)ccc1NS(C)(=O)=O. The van der Waals surface area contributed by atoms with Crippen LogP contribution in [-0.2, 0) is 10.0 Å². The first-order valence-electron chi connectivity index (χ1n) is 5.60. The van der Waals surface area contributed by atoms with Crippen LogP contribution in [0.4, 0.5) is 11.4 Å². The van der Waals surface area contributed by atoms with Crippen LogP contribution in [0.15, 0.2) is 29.5 Å². The Labute approximate surface area is 122 Å². The summed E-state index contributed by atoms with van der Waals surface area (Å²) < 4.78 is 24.7. The van der Waals surface area contributed by atoms with E-state index in [0.717, 1.165) is 6.26 Å². The smallest absolute Gasteiger partial charge is 0.229 e. The first kappa shape index (κ1) is 16.0. The molecule has 0 saturated heterocycles. The van der Waals surface area contributed by atoms with E-state index in [0.29, 0.717) is 16.9 Å². The zero-order valence-electron chi connectivity index (χ0n) is 11.3. The van der Waals surface area contributed by atoms with Crippen molar-refractivity contribution in [2.45, 2.75) is 6.92 Å². The molecule has 0 fully saturated rings. The summed E-state index contributed by atoms with van der Waals surface area (Å²) in [4.78, 5) is 0. The van der Waals surface area contributed by atoms with E-state index in [4.69, 9.17) is 15.8 Å². The number of rotatable bonds is 4. The zero-order valence-corrected chi connectivity index (χ0v) is 12.1. The van der Waals surface area contributed by atoms with E-state index in [-0.39, 0.29) is 11.3 Å². The lowest BCUT2D eigenvalue weighted by Crippen LogP contribution is -2.10. The molecule has 21 heavy (non-hydrogen) atoms. The van der Waals surface area contributed by atoms with E-state index < -0.39 is 10.0 Å². The van der Waals surface area contributed by atoms with Crippen molar-refractivity contribution in [1.29, 1.82) is 15.8 Å². The van der Waals surface area contributed by atoms with Crippen LogP contribution in [0, 0.1) is 40.9 Å². The Hall–Kier alpha value is -3.02. The Morgan fingerprint density at radius 2 is 1.76 bits per heavy atom. The van der Waals surface area contributed by atoms with E-state index in [9.17, 15) is 8.42 Å². The predicted molar refractivity (Wildman–Crippen MR) is 77.1 cm³/mol. The van der Waals surface area contributed by atoms with Crippen LogP contribution < -0.4 is 10.0 Å². The van der Waals surface area contributed by atoms with Gasteiger partial charge in [-0.15, -0.1) is 0 Å². The molecule has 0 spiro atoms. The fourth-order valence-electron chi connectivity index (χ4n) is 1.48. The van der Waals surface area contributed by atoms with Crippen LogP contribution in [0.1, 0.15) is 5.56 Å². The molecule has 7 nitrogen and oxygen atoms in total. The quantitative estimate of drug-likeness (QED) is 0.812. The van der Waals surface area contributed by atoms with E-state index in [1.807, 2.05) is 0 Å². The van der Waals surface area contributed by atoms with E-state index in [1.54, 1.807) is 31.2 Å². The Balaban J connectivity index is 3.12. The van der Waals surface area contributed by atoms with Gasteiger partial charge < -0.3 is 5.32 Å². The van der Waals surface area contributed by atoms with Crippen LogP contribution in [-0.4, -0.2) is 14.7 Å². The molecule has 8 heteroatoms. The highest BCUT2D eigenvalue weighted by atomic mass is 32.2. The molecule has 2 N–H and O–H groups in total. The number of anilines is 2. The second kappa shape index (κ2) is 6.42. The molecule has 0 aliphatic heterocycles. The second-order valence-corrected chi connectivity index (χ2v) is 5.86. The fourth-order valence-corrected chi connectivity index (χ4v) is 2.11. The topological polar surface area (TPSA) is 130 Å². The molecule has 106 valence electrons. The molecule has 0 heterocycles. The van der Waals surface area contributed by atoms with Gasteiger partial charge in [0.15, 0.2) is 5.57 Å². The normalized spacial score (nSPS) is 9.67. The molecule has 0 amide bonds. The van der Waals surface area contributed by atoms with Gasteiger partial charge in [0.2, 0.25) is 10.0 Å². The van der Waals surface area contributed by atoms with Gasteiger partial charge in [0.05, 0.1) is 11.9 Å². The molecular formula is C13H11N5O2S. The predicted octanol–water partition coefficient (Wildman–Crippen LogP) is 1.60. The molecule has 0 aromatic heterocycles. The van der Waals surface area contributed by atoms with Crippen LogP contribution in [0.25, 0.3) is 0 Å². The van der Waals surface area contributed by atoms with E-state index in [2.05, 4.69) is 10.0 Å². The maximum absolute atomic E-state index is 11.2. The highest BCUT2D eigenvalue weighted by Gasteiger charge is 2.09. The Bertz CT molecular complexity index is 804. The van der Waals surface area contributed by atoms with E-state index >= 15 is 0 Å². The fraction of sp³-hybridized carbons (Fsp3) is 0.154. The van der Waals surface area contributed by atoms with E-state index in [1.165, 1.54) is 12.1 Å². The lowest BCUT2D eigenvalue weighted by molar-refractivity contribution is 0.607. The molecule has 1 aromatic carbocycles. The molecular weight excluding hydrogens is 290 g/mol. The monoisotopic (exact) mass is 301 g/mol. The summed E-state index contributed by atoms with van der Waals surface area (Å²) >= 11 is 0. The average molecular weight is 301 g/mol. The number of hydrogen-bond donors (Lipinski definition) is 2. The molecule has 0 atom stereocenters. The number of nitrogens with one attached hydrogen (secondary N) is 2. The number of nitriles is 3. The second-order valence-electron chi connectivity index (χ2n) is 4.11. The van der Waals surface area contributed by atoms with Crippen LogP contribution in [0.2, 0.25) is 0 Å². The summed E-state index contributed by atoms with van der Waals surface area (Å²) in [5.41, 5.74) is 1.01. The van der Waals surface area contributed by atoms with Gasteiger partial charge in [0, 0.05) is 5.69 Å². The van der Waals surface area contributed by atoms with Gasteiger partial charge in [0.1, 0.15) is 23.9 Å². The maximum Gasteiger partial charge on any atom is 0.229 e. The number of sulfonamides is 1. The summed E-state index contributed by atoms with van der Waals surface area (Å²) in [6.07, 6.45) is 1.04. The Kier molecular flexibility index (Phi) is 4.91. The lowest BCUT2D eigenvalue weighted by Gasteiger charge is -2.10. The highest BCUT2D eigenvalue weighted by Crippen LogP contribution is 2.22. The minimum Gasteiger partial charge on any atom is -0.345 e. The number of allylic oxidation sites excluding steroid dienone is 2. The summed E-state index contributed by atoms with van der Waals surface area (Å²) in [6.45, 7) is 1.68. The van der Waals surface area contributed by atoms with Gasteiger partial charge in [0.25, 0.3) is 0 Å². The van der Waals surface area contributed by atoms with Crippen molar-refractivity contribution >= 4 is 21.4 Å². The number of hydrogen-bond acceptors (Lipinski definition) is 6. The number of benzene rings is 1. The molecule has 0 radical (unpaired) electrons. The molecule has 1 rings (SSSR count). The molecule has 1 aromatic rings. The molecule has 0 aliphatic carbocycles. The molecule has 0 bridgehead atoms. The first-order chi connectivity index (χ1) is 9.80. The average Bonchev–Trinajstić information content (AvgIpc) is 2.40. The van der Waals surface area contributed by atoms with Crippen molar-refractivity contribution in [1.82, 2.24) is 0 Å². The van der Waals surface area contributed by atoms with Gasteiger partial charge in [-0.2, -0.15) is 15.8 Å². The van der Waals surface area contributed by atoms with Crippen molar-refractivity contribution in [2.24, 2.45) is 0 Å². The molecule has 0 saturated carbocycles. The largest absolute Gasteiger partial charge is 0.345 e. The van der Waals surface area contributed by atoms with Gasteiger partial charge in [-0.25, -0.2) is 8.42 Å². The van der Waals surface area contributed by atoms with Crippen molar-refractivity contribution < 1.29 is 8.42 Å². The molecule has 0 unspecified atom stereocenters. The van der Waals surface area contributed by atoms with Gasteiger partial charge in [-0.1, -0.05) is 0 Å². The van der Waals surface area contributed by atoms with Crippen molar-refractivity contribution in [3.63, 3.8) is 0 Å². The summed E-state index contributed by atoms with van der Waals surface area (Å²) in [5.74, 6) is 0. The Morgan fingerprint density at radius 3 is 2.19 bits per heavy atom. The first-order valence-corrected chi connectivity index (χ1v) is 7.50. The highest BCUT2D eigenvalue weighted by molar-refractivity contribution is 7.92. The third-order valence-corrected chi connectivity index (χ3v) is 2.97. The third kappa shape index (κ3) is 4.54. The minimum absolute atomic E-state index is 0.164. The van der Waals surface area contributed by atoms with Gasteiger partial charge in [-0.05, 0) is 30.7 Å². The van der Waals surface area contributed by atoms with Crippen molar-refractivity contribution in [3.8, 4) is 18.2 Å². The van der Waals surface area contributed by atoms with Gasteiger partial charge >= 0.3 is 0 Å². The summed E-state index contributed by atoms with van der Waals surface area (Å²) in [7, 11) is -3.38. The van der Waals surface area contributed by atoms with Crippen LogP contribution >= 0.6 is 0 Å². The summed E-state index contributed by atoms with van der Waals surface area (Å²) in [5, 5.41) is 29.1. The number of aryl methyl sites for hydroxylation is 1. The Morgan fingerprint density at radius 1 is 1.14 bits per heavy atom. The molecule has 0 aliphatic rings. The van der Waals surface area contributed by atoms with Crippen LogP contribution in [0.5, 0.6) is 0 Å². The van der Waals surface area contributed by atoms with Crippen molar-refractivity contribution in [2.75, 3.05) is 16.3 Å². The number of nitrogens with zero attached hydrogens (tertiary/aromatic N) is 3.